The maximum absolute atomic E-state index is 12.4. The molecule has 5 N–H and O–H groups in total. The molecule has 0 aromatic carbocycles. The molecule has 3 aliphatic rings. The van der Waals surface area contributed by atoms with Gasteiger partial charge in [0.15, 0.2) is 0 Å². The fourth-order valence-corrected chi connectivity index (χ4v) is 5.83. The Hall–Kier alpha value is -1.33. The minimum absolute atomic E-state index is 0.0177. The summed E-state index contributed by atoms with van der Waals surface area (Å²) < 4.78 is 4.99. The minimum Gasteiger partial charge on any atom is -0.449 e. The SMILES string of the molecule is CNCC[C@@H](O)[C@@H]1C[C@H](SC2=C(OC(=O)O)N3C(=O)[C@H]([C@@H](C)O)[C@@H]3[C@H]2C)CN1. The first-order valence-corrected chi connectivity index (χ1v) is 10.5. The van der Waals surface area contributed by atoms with Crippen molar-refractivity contribution in [1.29, 1.82) is 0 Å². The molecule has 0 aromatic heterocycles. The molecule has 3 heterocycles. The van der Waals surface area contributed by atoms with E-state index >= 15 is 0 Å². The van der Waals surface area contributed by atoms with E-state index in [2.05, 4.69) is 10.6 Å². The van der Waals surface area contributed by atoms with Crippen molar-refractivity contribution in [2.45, 2.75) is 56.2 Å². The molecule has 2 fully saturated rings. The maximum atomic E-state index is 12.4. The van der Waals surface area contributed by atoms with Gasteiger partial charge in [-0.3, -0.25) is 9.69 Å². The van der Waals surface area contributed by atoms with Crippen LogP contribution in [0.25, 0.3) is 0 Å². The third kappa shape index (κ3) is 3.88. The van der Waals surface area contributed by atoms with Crippen molar-refractivity contribution in [2.24, 2.45) is 11.8 Å². The van der Waals surface area contributed by atoms with E-state index in [1.54, 1.807) is 6.92 Å². The third-order valence-corrected chi connectivity index (χ3v) is 7.31. The summed E-state index contributed by atoms with van der Waals surface area (Å²) in [4.78, 5) is 25.7. The second-order valence-electron chi connectivity index (χ2n) is 7.74. The molecular weight excluding hydrogens is 386 g/mol. The van der Waals surface area contributed by atoms with Crippen LogP contribution in [-0.4, -0.2) is 82.0 Å². The topological polar surface area (TPSA) is 131 Å². The number of nitrogens with zero attached hydrogens (tertiary/aromatic N) is 1. The molecule has 1 amide bonds. The zero-order valence-corrected chi connectivity index (χ0v) is 17.1. The standard InChI is InChI=1S/C18H29N3O6S/c1-8-14-13(9(2)22)16(24)21(14)17(27-18(25)26)15(8)28-10-6-11(20-7-10)12(23)4-5-19-3/h8-14,19-20,22-23H,4-7H2,1-3H3,(H,25,26)/t8-,9-,10+,11+,12-,13-,14+/m1/s1. The highest BCUT2D eigenvalue weighted by molar-refractivity contribution is 8.03. The van der Waals surface area contributed by atoms with Gasteiger partial charge in [0.05, 0.1) is 29.1 Å². The number of aliphatic hydroxyl groups excluding tert-OH is 2. The van der Waals surface area contributed by atoms with Gasteiger partial charge in [-0.1, -0.05) is 6.92 Å². The first-order valence-electron chi connectivity index (χ1n) is 9.65. The number of hydrogen-bond acceptors (Lipinski definition) is 8. The summed E-state index contributed by atoms with van der Waals surface area (Å²) in [7, 11) is 1.84. The van der Waals surface area contributed by atoms with Crippen molar-refractivity contribution in [3.05, 3.63) is 10.8 Å². The Bertz CT molecular complexity index is 657. The van der Waals surface area contributed by atoms with Gasteiger partial charge in [0.1, 0.15) is 0 Å². The second kappa shape index (κ2) is 8.58. The summed E-state index contributed by atoms with van der Waals surface area (Å²) in [6, 6.07) is -0.299. The Balaban J connectivity index is 1.72. The molecule has 3 aliphatic heterocycles. The van der Waals surface area contributed by atoms with Gasteiger partial charge >= 0.3 is 6.16 Å². The maximum Gasteiger partial charge on any atom is 0.512 e. The Morgan fingerprint density at radius 1 is 1.46 bits per heavy atom. The van der Waals surface area contributed by atoms with Crippen LogP contribution < -0.4 is 10.6 Å². The van der Waals surface area contributed by atoms with Crippen LogP contribution in [0.5, 0.6) is 0 Å². The molecule has 9 nitrogen and oxygen atoms in total. The summed E-state index contributed by atoms with van der Waals surface area (Å²) in [5.74, 6) is -0.886. The van der Waals surface area contributed by atoms with Gasteiger partial charge in [-0.25, -0.2) is 4.79 Å². The van der Waals surface area contributed by atoms with E-state index < -0.39 is 24.3 Å². The fraction of sp³-hybridized carbons (Fsp3) is 0.778. The number of ether oxygens (including phenoxy) is 1. The summed E-state index contributed by atoms with van der Waals surface area (Å²) >= 11 is 1.51. The predicted molar refractivity (Wildman–Crippen MR) is 103 cm³/mol. The average molecular weight is 416 g/mol. The van der Waals surface area contributed by atoms with Crippen molar-refractivity contribution in [3.63, 3.8) is 0 Å². The van der Waals surface area contributed by atoms with Gasteiger partial charge in [-0.15, -0.1) is 11.8 Å². The number of hydrogen-bond donors (Lipinski definition) is 5. The molecule has 0 unspecified atom stereocenters. The minimum atomic E-state index is -1.46. The molecule has 0 aliphatic carbocycles. The zero-order valence-electron chi connectivity index (χ0n) is 16.3. The van der Waals surface area contributed by atoms with Gasteiger partial charge in [0, 0.05) is 23.8 Å². The summed E-state index contributed by atoms with van der Waals surface area (Å²) in [5, 5.41) is 35.9. The molecule has 2 saturated heterocycles. The van der Waals surface area contributed by atoms with E-state index in [0.29, 0.717) is 13.0 Å². The number of carbonyl (C=O) groups is 2. The van der Waals surface area contributed by atoms with Gasteiger partial charge in [0.25, 0.3) is 0 Å². The van der Waals surface area contributed by atoms with Crippen LogP contribution in [0, 0.1) is 11.8 Å². The van der Waals surface area contributed by atoms with Crippen molar-refractivity contribution in [3.8, 4) is 0 Å². The Kier molecular flexibility index (Phi) is 6.55. The van der Waals surface area contributed by atoms with E-state index in [-0.39, 0.29) is 35.0 Å². The third-order valence-electron chi connectivity index (χ3n) is 5.82. The Morgan fingerprint density at radius 2 is 2.18 bits per heavy atom. The van der Waals surface area contributed by atoms with Crippen molar-refractivity contribution >= 4 is 23.8 Å². The van der Waals surface area contributed by atoms with Crippen LogP contribution in [0.1, 0.15) is 26.7 Å². The summed E-state index contributed by atoms with van der Waals surface area (Å²) in [6.45, 7) is 4.92. The van der Waals surface area contributed by atoms with Gasteiger partial charge < -0.3 is 30.7 Å². The number of thioether (sulfide) groups is 1. The Morgan fingerprint density at radius 3 is 2.79 bits per heavy atom. The molecule has 3 rings (SSSR count). The number of nitrogens with one attached hydrogen (secondary N) is 2. The van der Waals surface area contributed by atoms with Crippen LogP contribution in [-0.2, 0) is 9.53 Å². The van der Waals surface area contributed by atoms with Crippen molar-refractivity contribution in [1.82, 2.24) is 15.5 Å². The van der Waals surface area contributed by atoms with E-state index in [9.17, 15) is 19.8 Å². The van der Waals surface area contributed by atoms with Gasteiger partial charge in [-0.05, 0) is 33.4 Å². The highest BCUT2D eigenvalue weighted by Crippen LogP contribution is 2.52. The molecular formula is C18H29N3O6S. The number of aliphatic hydroxyl groups is 2. The lowest BCUT2D eigenvalue weighted by atomic mass is 9.79. The van der Waals surface area contributed by atoms with E-state index in [0.717, 1.165) is 17.9 Å². The zero-order chi connectivity index (χ0) is 20.6. The molecule has 0 spiro atoms. The Labute approximate surface area is 168 Å². The largest absolute Gasteiger partial charge is 0.512 e. The number of β-lactam (4-membered cyclic amide) rings is 1. The summed E-state index contributed by atoms with van der Waals surface area (Å²) in [5.41, 5.74) is 0. The average Bonchev–Trinajstić information content (AvgIpc) is 3.16. The van der Waals surface area contributed by atoms with E-state index in [1.165, 1.54) is 16.7 Å². The summed E-state index contributed by atoms with van der Waals surface area (Å²) in [6.07, 6.45) is -1.32. The first kappa shape index (κ1) is 21.4. The van der Waals surface area contributed by atoms with Crippen molar-refractivity contribution in [2.75, 3.05) is 20.1 Å². The second-order valence-corrected chi connectivity index (χ2v) is 9.08. The predicted octanol–water partition coefficient (Wildman–Crippen LogP) is 0.142. The molecule has 0 saturated carbocycles. The van der Waals surface area contributed by atoms with Gasteiger partial charge in [0.2, 0.25) is 11.8 Å². The van der Waals surface area contributed by atoms with Crippen LogP contribution in [0.15, 0.2) is 10.8 Å². The van der Waals surface area contributed by atoms with E-state index in [4.69, 9.17) is 9.84 Å². The highest BCUT2D eigenvalue weighted by Gasteiger charge is 2.60. The number of carboxylic acid groups (broad SMARTS) is 1. The highest BCUT2D eigenvalue weighted by atomic mass is 32.2. The molecule has 0 radical (unpaired) electrons. The molecule has 158 valence electrons. The van der Waals surface area contributed by atoms with E-state index in [1.807, 2.05) is 14.0 Å². The smallest absolute Gasteiger partial charge is 0.449 e. The molecule has 0 bridgehead atoms. The number of carbonyl (C=O) groups excluding carboxylic acids is 1. The number of fused-ring (bicyclic) bond motifs is 1. The van der Waals surface area contributed by atoms with Crippen LogP contribution in [0.2, 0.25) is 0 Å². The lowest BCUT2D eigenvalue weighted by Gasteiger charge is -2.45. The van der Waals surface area contributed by atoms with Crippen LogP contribution in [0.3, 0.4) is 0 Å². The molecule has 28 heavy (non-hydrogen) atoms. The fourth-order valence-electron chi connectivity index (χ4n) is 4.39. The van der Waals surface area contributed by atoms with Gasteiger partial charge in [-0.2, -0.15) is 0 Å². The molecule has 7 atom stereocenters. The lowest BCUT2D eigenvalue weighted by molar-refractivity contribution is -0.163. The lowest BCUT2D eigenvalue weighted by Crippen LogP contribution is -2.63. The number of rotatable bonds is 8. The van der Waals surface area contributed by atoms with Crippen LogP contribution >= 0.6 is 11.8 Å². The van der Waals surface area contributed by atoms with Crippen LogP contribution in [0.4, 0.5) is 4.79 Å². The quantitative estimate of drug-likeness (QED) is 0.277. The van der Waals surface area contributed by atoms with Crippen molar-refractivity contribution < 1.29 is 29.6 Å². The molecule has 10 heteroatoms. The monoisotopic (exact) mass is 415 g/mol. The molecule has 0 aromatic rings. The first-order chi connectivity index (χ1) is 13.3. The number of amides is 1. The normalized spacial score (nSPS) is 34.2.